The minimum atomic E-state index is 0.0629. The van der Waals surface area contributed by atoms with Crippen LogP contribution in [0.15, 0.2) is 18.5 Å². The Labute approximate surface area is 159 Å². The maximum Gasteiger partial charge on any atom is 0.316 e. The highest BCUT2D eigenvalue weighted by Crippen LogP contribution is 2.24. The first-order chi connectivity index (χ1) is 13.2. The van der Waals surface area contributed by atoms with E-state index in [4.69, 9.17) is 9.47 Å². The van der Waals surface area contributed by atoms with Crippen LogP contribution < -0.4 is 4.74 Å². The fraction of sp³-hybridized carbons (Fsp3) is 0.684. The van der Waals surface area contributed by atoms with Crippen molar-refractivity contribution in [3.05, 3.63) is 18.5 Å². The van der Waals surface area contributed by atoms with Gasteiger partial charge in [-0.2, -0.15) is 0 Å². The van der Waals surface area contributed by atoms with Crippen molar-refractivity contribution in [2.24, 2.45) is 11.8 Å². The summed E-state index contributed by atoms with van der Waals surface area (Å²) in [7, 11) is 0. The molecular weight excluding hydrogens is 348 g/mol. The number of carbonyl (C=O) groups excluding carboxylic acids is 2. The van der Waals surface area contributed by atoms with Crippen molar-refractivity contribution in [3.8, 4) is 6.01 Å². The molecule has 148 valence electrons. The number of nitrogens with zero attached hydrogens (tertiary/aromatic N) is 4. The summed E-state index contributed by atoms with van der Waals surface area (Å²) in [4.78, 5) is 36.2. The number of ether oxygens (including phenoxy) is 2. The minimum absolute atomic E-state index is 0.0629. The summed E-state index contributed by atoms with van der Waals surface area (Å²) in [5, 5.41) is 0. The average molecular weight is 376 g/mol. The van der Waals surface area contributed by atoms with E-state index in [9.17, 15) is 9.59 Å². The lowest BCUT2D eigenvalue weighted by atomic mass is 9.96. The summed E-state index contributed by atoms with van der Waals surface area (Å²) in [6.45, 7) is 6.04. The second-order valence-corrected chi connectivity index (χ2v) is 7.17. The number of hydrogen-bond donors (Lipinski definition) is 0. The van der Waals surface area contributed by atoms with E-state index in [1.54, 1.807) is 18.5 Å². The van der Waals surface area contributed by atoms with E-state index in [1.807, 2.05) is 16.7 Å². The van der Waals surface area contributed by atoms with Gasteiger partial charge in [-0.05, 0) is 31.7 Å². The monoisotopic (exact) mass is 376 g/mol. The molecule has 3 rings (SSSR count). The predicted octanol–water partition coefficient (Wildman–Crippen LogP) is 0.979. The van der Waals surface area contributed by atoms with Gasteiger partial charge in [0.05, 0.1) is 6.61 Å². The van der Waals surface area contributed by atoms with Gasteiger partial charge >= 0.3 is 6.01 Å². The van der Waals surface area contributed by atoms with E-state index in [-0.39, 0.29) is 24.3 Å². The third kappa shape index (κ3) is 5.63. The first-order valence-electron chi connectivity index (χ1n) is 9.68. The van der Waals surface area contributed by atoms with Crippen molar-refractivity contribution in [2.75, 3.05) is 46.0 Å². The lowest BCUT2D eigenvalue weighted by Crippen LogP contribution is -2.43. The smallest absolute Gasteiger partial charge is 0.316 e. The molecule has 1 atom stereocenters. The van der Waals surface area contributed by atoms with Crippen molar-refractivity contribution >= 4 is 11.8 Å². The normalized spacial score (nSPS) is 20.9. The summed E-state index contributed by atoms with van der Waals surface area (Å²) >= 11 is 0. The third-order valence-electron chi connectivity index (χ3n) is 5.16. The van der Waals surface area contributed by atoms with Gasteiger partial charge in [0, 0.05) is 57.5 Å². The van der Waals surface area contributed by atoms with Gasteiger partial charge in [-0.15, -0.1) is 0 Å². The molecule has 2 saturated heterocycles. The average Bonchev–Trinajstić information content (AvgIpc) is 3.05. The Bertz CT molecular complexity index is 619. The lowest BCUT2D eigenvalue weighted by Gasteiger charge is -2.34. The van der Waals surface area contributed by atoms with Crippen molar-refractivity contribution in [1.29, 1.82) is 0 Å². The Kier molecular flexibility index (Phi) is 6.98. The molecule has 3 heterocycles. The Balaban J connectivity index is 1.38. The quantitative estimate of drug-likeness (QED) is 0.672. The zero-order chi connectivity index (χ0) is 19.1. The van der Waals surface area contributed by atoms with Gasteiger partial charge in [-0.25, -0.2) is 9.97 Å². The maximum absolute atomic E-state index is 12.3. The van der Waals surface area contributed by atoms with E-state index in [0.717, 1.165) is 39.0 Å². The molecule has 0 N–H and O–H groups in total. The highest BCUT2D eigenvalue weighted by atomic mass is 16.5. The van der Waals surface area contributed by atoms with Gasteiger partial charge < -0.3 is 19.3 Å². The molecule has 1 unspecified atom stereocenters. The summed E-state index contributed by atoms with van der Waals surface area (Å²) in [5.74, 6) is 0.872. The molecule has 2 aliphatic rings. The van der Waals surface area contributed by atoms with Crippen LogP contribution in [0.5, 0.6) is 6.01 Å². The fourth-order valence-corrected chi connectivity index (χ4v) is 3.65. The molecule has 1 aromatic rings. The Morgan fingerprint density at radius 2 is 1.96 bits per heavy atom. The van der Waals surface area contributed by atoms with E-state index >= 15 is 0 Å². The topological polar surface area (TPSA) is 84.9 Å². The number of likely N-dealkylation sites (tertiary alicyclic amines) is 2. The first kappa shape index (κ1) is 19.5. The van der Waals surface area contributed by atoms with Crippen LogP contribution in [0.2, 0.25) is 0 Å². The van der Waals surface area contributed by atoms with Crippen LogP contribution >= 0.6 is 0 Å². The molecular formula is C19H28N4O4. The van der Waals surface area contributed by atoms with E-state index in [0.29, 0.717) is 31.6 Å². The van der Waals surface area contributed by atoms with Crippen molar-refractivity contribution < 1.29 is 19.1 Å². The molecule has 0 radical (unpaired) electrons. The Hall–Kier alpha value is -2.22. The van der Waals surface area contributed by atoms with Crippen LogP contribution in [0.4, 0.5) is 0 Å². The van der Waals surface area contributed by atoms with Gasteiger partial charge in [0.2, 0.25) is 11.8 Å². The number of hydrogen-bond acceptors (Lipinski definition) is 6. The number of carbonyl (C=O) groups is 2. The molecule has 0 aromatic carbocycles. The number of piperidine rings is 1. The van der Waals surface area contributed by atoms with Crippen molar-refractivity contribution in [3.63, 3.8) is 0 Å². The molecule has 0 saturated carbocycles. The predicted molar refractivity (Wildman–Crippen MR) is 98.0 cm³/mol. The minimum Gasteiger partial charge on any atom is -0.463 e. The standard InChI is InChI=1S/C19H28N4O4/c1-2-26-14-18(25)22-8-4-15(5-9-22)11-23-12-16(10-17(23)24)13-27-19-20-6-3-7-21-19/h3,6-7,15-16H,2,4-5,8-14H2,1H3. The van der Waals surface area contributed by atoms with E-state index in [2.05, 4.69) is 9.97 Å². The number of aromatic nitrogens is 2. The molecule has 2 aliphatic heterocycles. The zero-order valence-electron chi connectivity index (χ0n) is 15.9. The fourth-order valence-electron chi connectivity index (χ4n) is 3.65. The molecule has 0 spiro atoms. The highest BCUT2D eigenvalue weighted by Gasteiger charge is 2.33. The lowest BCUT2D eigenvalue weighted by molar-refractivity contribution is -0.138. The second-order valence-electron chi connectivity index (χ2n) is 7.17. The van der Waals surface area contributed by atoms with Gasteiger partial charge in [0.1, 0.15) is 6.61 Å². The molecule has 1 aromatic heterocycles. The van der Waals surface area contributed by atoms with E-state index in [1.165, 1.54) is 0 Å². The number of rotatable bonds is 8. The van der Waals surface area contributed by atoms with Crippen LogP contribution in [0.25, 0.3) is 0 Å². The molecule has 0 bridgehead atoms. The van der Waals surface area contributed by atoms with Gasteiger partial charge in [-0.3, -0.25) is 9.59 Å². The van der Waals surface area contributed by atoms with Gasteiger partial charge in [0.15, 0.2) is 0 Å². The SMILES string of the molecule is CCOCC(=O)N1CCC(CN2CC(COc3ncccn3)CC2=O)CC1. The second kappa shape index (κ2) is 9.64. The molecule has 8 nitrogen and oxygen atoms in total. The number of amides is 2. The van der Waals surface area contributed by atoms with Crippen LogP contribution in [-0.2, 0) is 14.3 Å². The zero-order valence-corrected chi connectivity index (χ0v) is 15.9. The van der Waals surface area contributed by atoms with Crippen LogP contribution in [0.3, 0.4) is 0 Å². The molecule has 2 fully saturated rings. The highest BCUT2D eigenvalue weighted by molar-refractivity contribution is 5.78. The van der Waals surface area contributed by atoms with Gasteiger partial charge in [-0.1, -0.05) is 0 Å². The summed E-state index contributed by atoms with van der Waals surface area (Å²) in [6.07, 6.45) is 5.65. The maximum atomic E-state index is 12.3. The molecule has 27 heavy (non-hydrogen) atoms. The summed E-state index contributed by atoms with van der Waals surface area (Å²) < 4.78 is 10.8. The molecule has 2 amide bonds. The Morgan fingerprint density at radius 1 is 1.22 bits per heavy atom. The first-order valence-corrected chi connectivity index (χ1v) is 9.68. The van der Waals surface area contributed by atoms with Crippen molar-refractivity contribution in [2.45, 2.75) is 26.2 Å². The van der Waals surface area contributed by atoms with E-state index < -0.39 is 0 Å². The third-order valence-corrected chi connectivity index (χ3v) is 5.16. The van der Waals surface area contributed by atoms with Crippen LogP contribution in [-0.4, -0.2) is 77.6 Å². The van der Waals surface area contributed by atoms with Gasteiger partial charge in [0.25, 0.3) is 0 Å². The molecule has 8 heteroatoms. The summed E-state index contributed by atoms with van der Waals surface area (Å²) in [6, 6.07) is 2.09. The van der Waals surface area contributed by atoms with Crippen molar-refractivity contribution in [1.82, 2.24) is 19.8 Å². The largest absolute Gasteiger partial charge is 0.463 e. The summed E-state index contributed by atoms with van der Waals surface area (Å²) in [5.41, 5.74) is 0. The Morgan fingerprint density at radius 3 is 2.67 bits per heavy atom. The van der Waals surface area contributed by atoms with Crippen LogP contribution in [0, 0.1) is 11.8 Å². The van der Waals surface area contributed by atoms with Crippen LogP contribution in [0.1, 0.15) is 26.2 Å². The molecule has 0 aliphatic carbocycles.